The Bertz CT molecular complexity index is 898. The van der Waals surface area contributed by atoms with E-state index in [0.717, 1.165) is 63.3 Å². The molecule has 1 aliphatic heterocycles. The van der Waals surface area contributed by atoms with Gasteiger partial charge in [0, 0.05) is 38.6 Å². The molecule has 0 unspecified atom stereocenters. The Hall–Kier alpha value is -2.24. The van der Waals surface area contributed by atoms with Gasteiger partial charge < -0.3 is 9.88 Å². The molecule has 1 saturated heterocycles. The molecule has 2 heterocycles. The van der Waals surface area contributed by atoms with Gasteiger partial charge in [0.15, 0.2) is 5.82 Å². The van der Waals surface area contributed by atoms with Gasteiger partial charge in [-0.2, -0.15) is 0 Å². The Morgan fingerprint density at radius 2 is 1.86 bits per heavy atom. The molecule has 1 aromatic heterocycles. The van der Waals surface area contributed by atoms with Crippen LogP contribution < -0.4 is 5.32 Å². The molecule has 2 aromatic carbocycles. The molecule has 0 atom stereocenters. The molecule has 1 N–H and O–H groups in total. The predicted molar refractivity (Wildman–Crippen MR) is 112 cm³/mol. The number of fused-ring (bicyclic) bond motifs is 1. The minimum atomic E-state index is -0.220. The van der Waals surface area contributed by atoms with Crippen molar-refractivity contribution in [1.29, 1.82) is 0 Å². The molecule has 0 radical (unpaired) electrons. The van der Waals surface area contributed by atoms with E-state index in [2.05, 4.69) is 57.0 Å². The number of halogens is 1. The van der Waals surface area contributed by atoms with Gasteiger partial charge >= 0.3 is 0 Å². The van der Waals surface area contributed by atoms with Crippen LogP contribution in [0, 0.1) is 5.82 Å². The summed E-state index contributed by atoms with van der Waals surface area (Å²) >= 11 is 0. The first-order valence-corrected chi connectivity index (χ1v) is 10.4. The number of hydrogen-bond acceptors (Lipinski definition) is 3. The lowest BCUT2D eigenvalue weighted by Gasteiger charge is -2.33. The lowest BCUT2D eigenvalue weighted by molar-refractivity contribution is 0.180. The Balaban J connectivity index is 1.52. The van der Waals surface area contributed by atoms with Gasteiger partial charge in [-0.1, -0.05) is 43.3 Å². The molecule has 0 bridgehead atoms. The molecule has 0 amide bonds. The van der Waals surface area contributed by atoms with Crippen LogP contribution in [0.15, 0.2) is 48.5 Å². The number of benzene rings is 2. The van der Waals surface area contributed by atoms with Gasteiger partial charge in [0.05, 0.1) is 5.52 Å². The first-order chi connectivity index (χ1) is 13.8. The first kappa shape index (κ1) is 19.1. The lowest BCUT2D eigenvalue weighted by Crippen LogP contribution is -2.34. The Kier molecular flexibility index (Phi) is 6.03. The smallest absolute Gasteiger partial charge is 0.151 e. The maximum absolute atomic E-state index is 14.3. The van der Waals surface area contributed by atoms with Crippen molar-refractivity contribution in [2.75, 3.05) is 26.2 Å². The van der Waals surface area contributed by atoms with E-state index in [9.17, 15) is 4.39 Å². The van der Waals surface area contributed by atoms with Gasteiger partial charge in [-0.05, 0) is 37.1 Å². The number of piperidine rings is 1. The number of rotatable bonds is 7. The summed E-state index contributed by atoms with van der Waals surface area (Å²) in [6, 6.07) is 16.4. The molecule has 1 aliphatic rings. The molecule has 148 valence electrons. The van der Waals surface area contributed by atoms with Crippen LogP contribution in [0.3, 0.4) is 0 Å². The van der Waals surface area contributed by atoms with Crippen molar-refractivity contribution in [3.05, 3.63) is 65.7 Å². The molecule has 28 heavy (non-hydrogen) atoms. The summed E-state index contributed by atoms with van der Waals surface area (Å²) in [4.78, 5) is 7.20. The fraction of sp³-hybridized carbons (Fsp3) is 0.435. The van der Waals surface area contributed by atoms with Crippen LogP contribution in [-0.4, -0.2) is 40.6 Å². The fourth-order valence-electron chi connectivity index (χ4n) is 4.27. The molecule has 0 saturated carbocycles. The van der Waals surface area contributed by atoms with Crippen LogP contribution in [0.4, 0.5) is 4.39 Å². The number of likely N-dealkylation sites (N-methyl/N-ethyl adjacent to an activating group) is 1. The van der Waals surface area contributed by atoms with Crippen molar-refractivity contribution in [3.8, 4) is 0 Å². The van der Waals surface area contributed by atoms with Crippen LogP contribution in [-0.2, 0) is 13.0 Å². The highest BCUT2D eigenvalue weighted by Crippen LogP contribution is 2.30. The van der Waals surface area contributed by atoms with Gasteiger partial charge in [-0.25, -0.2) is 9.37 Å². The number of hydrogen-bond donors (Lipinski definition) is 1. The maximum atomic E-state index is 14.3. The van der Waals surface area contributed by atoms with Crippen molar-refractivity contribution < 1.29 is 4.39 Å². The van der Waals surface area contributed by atoms with Gasteiger partial charge in [0.25, 0.3) is 0 Å². The van der Waals surface area contributed by atoms with E-state index in [0.29, 0.717) is 11.6 Å². The van der Waals surface area contributed by atoms with Crippen molar-refractivity contribution >= 4 is 11.0 Å². The van der Waals surface area contributed by atoms with Crippen LogP contribution in [0.1, 0.15) is 37.2 Å². The van der Waals surface area contributed by atoms with E-state index in [-0.39, 0.29) is 5.82 Å². The van der Waals surface area contributed by atoms with Crippen LogP contribution >= 0.6 is 0 Å². The topological polar surface area (TPSA) is 33.1 Å². The van der Waals surface area contributed by atoms with E-state index in [1.54, 1.807) is 6.07 Å². The van der Waals surface area contributed by atoms with E-state index in [1.807, 2.05) is 6.07 Å². The quantitative estimate of drug-likeness (QED) is 0.625. The number of likely N-dealkylation sites (tertiary alicyclic amines) is 1. The zero-order valence-electron chi connectivity index (χ0n) is 16.6. The molecule has 0 spiro atoms. The third-order valence-corrected chi connectivity index (χ3v) is 5.69. The molecule has 4 nitrogen and oxygen atoms in total. The second-order valence-electron chi connectivity index (χ2n) is 7.60. The van der Waals surface area contributed by atoms with Crippen LogP contribution in [0.25, 0.3) is 11.0 Å². The van der Waals surface area contributed by atoms with E-state index in [1.165, 1.54) is 11.6 Å². The van der Waals surface area contributed by atoms with Gasteiger partial charge in [-0.3, -0.25) is 4.90 Å². The zero-order chi connectivity index (χ0) is 19.3. The molecule has 4 rings (SSSR count). The molecule has 0 aliphatic carbocycles. The SMILES string of the molecule is CCNCCc1nc2c(F)cccc2n1C1CCN(Cc2ccccc2)CC1. The van der Waals surface area contributed by atoms with Gasteiger partial charge in [0.1, 0.15) is 11.3 Å². The van der Waals surface area contributed by atoms with Crippen molar-refractivity contribution in [3.63, 3.8) is 0 Å². The monoisotopic (exact) mass is 380 g/mol. The van der Waals surface area contributed by atoms with Crippen molar-refractivity contribution in [1.82, 2.24) is 19.8 Å². The average molecular weight is 381 g/mol. The zero-order valence-corrected chi connectivity index (χ0v) is 16.6. The largest absolute Gasteiger partial charge is 0.325 e. The predicted octanol–water partition coefficient (Wildman–Crippen LogP) is 4.16. The molecule has 1 fully saturated rings. The second-order valence-corrected chi connectivity index (χ2v) is 7.60. The summed E-state index contributed by atoms with van der Waals surface area (Å²) in [6.07, 6.45) is 2.97. The Morgan fingerprint density at radius 1 is 1.07 bits per heavy atom. The summed E-state index contributed by atoms with van der Waals surface area (Å²) in [5, 5.41) is 3.36. The number of nitrogens with one attached hydrogen (secondary N) is 1. The number of aromatic nitrogens is 2. The molecule has 5 heteroatoms. The van der Waals surface area contributed by atoms with Crippen molar-refractivity contribution in [2.24, 2.45) is 0 Å². The molecular weight excluding hydrogens is 351 g/mol. The normalized spacial score (nSPS) is 16.1. The summed E-state index contributed by atoms with van der Waals surface area (Å²) < 4.78 is 16.7. The first-order valence-electron chi connectivity index (χ1n) is 10.4. The minimum absolute atomic E-state index is 0.220. The average Bonchev–Trinajstić information content (AvgIpc) is 3.09. The highest BCUT2D eigenvalue weighted by molar-refractivity contribution is 5.77. The lowest BCUT2D eigenvalue weighted by atomic mass is 10.0. The summed E-state index contributed by atoms with van der Waals surface area (Å²) in [6.45, 7) is 7.02. The Morgan fingerprint density at radius 3 is 2.61 bits per heavy atom. The van der Waals surface area contributed by atoms with Crippen LogP contribution in [0.2, 0.25) is 0 Å². The number of nitrogens with zero attached hydrogens (tertiary/aromatic N) is 3. The third-order valence-electron chi connectivity index (χ3n) is 5.69. The fourth-order valence-corrected chi connectivity index (χ4v) is 4.27. The molecular formula is C23H29FN4. The maximum Gasteiger partial charge on any atom is 0.151 e. The van der Waals surface area contributed by atoms with Crippen LogP contribution in [0.5, 0.6) is 0 Å². The number of para-hydroxylation sites is 1. The second kappa shape index (κ2) is 8.84. The molecule has 3 aromatic rings. The summed E-state index contributed by atoms with van der Waals surface area (Å²) in [5.41, 5.74) is 2.82. The van der Waals surface area contributed by atoms with E-state index >= 15 is 0 Å². The minimum Gasteiger partial charge on any atom is -0.325 e. The summed E-state index contributed by atoms with van der Waals surface area (Å²) in [5.74, 6) is 0.782. The van der Waals surface area contributed by atoms with E-state index in [4.69, 9.17) is 0 Å². The number of imidazole rings is 1. The highest BCUT2D eigenvalue weighted by atomic mass is 19.1. The van der Waals surface area contributed by atoms with Gasteiger partial charge in [0.2, 0.25) is 0 Å². The third kappa shape index (κ3) is 4.10. The Labute approximate surface area is 166 Å². The van der Waals surface area contributed by atoms with Gasteiger partial charge in [-0.15, -0.1) is 0 Å². The highest BCUT2D eigenvalue weighted by Gasteiger charge is 2.25. The van der Waals surface area contributed by atoms with Crippen molar-refractivity contribution in [2.45, 2.75) is 38.8 Å². The van der Waals surface area contributed by atoms with E-state index < -0.39 is 0 Å². The summed E-state index contributed by atoms with van der Waals surface area (Å²) in [7, 11) is 0. The standard InChI is InChI=1S/C23H29FN4/c1-2-25-14-11-22-26-23-20(24)9-6-10-21(23)28(22)19-12-15-27(16-13-19)17-18-7-4-3-5-8-18/h3-10,19,25H,2,11-17H2,1H3.